The Labute approximate surface area is 62.4 Å². The van der Waals surface area contributed by atoms with Crippen molar-refractivity contribution in [2.45, 2.75) is 6.92 Å². The fraction of sp³-hybridized carbons (Fsp3) is 0.200. The van der Waals surface area contributed by atoms with Crippen LogP contribution in [-0.2, 0) is 0 Å². The summed E-state index contributed by atoms with van der Waals surface area (Å²) in [6, 6.07) is 0. The van der Waals surface area contributed by atoms with Gasteiger partial charge < -0.3 is 21.3 Å². The van der Waals surface area contributed by atoms with Gasteiger partial charge in [0.05, 0.1) is 0 Å². The van der Waals surface area contributed by atoms with Crippen molar-refractivity contribution >= 4 is 11.9 Å². The van der Waals surface area contributed by atoms with Crippen molar-refractivity contribution in [3.63, 3.8) is 0 Å². The second kappa shape index (κ2) is 3.02. The van der Waals surface area contributed by atoms with Crippen molar-refractivity contribution in [1.82, 2.24) is 9.97 Å². The van der Waals surface area contributed by atoms with Gasteiger partial charge in [-0.25, -0.2) is 9.78 Å². The van der Waals surface area contributed by atoms with Crippen LogP contribution < -0.4 is 5.73 Å². The second-order valence-electron chi connectivity index (χ2n) is 1.90. The Bertz CT molecular complexity index is 268. The van der Waals surface area contributed by atoms with Crippen LogP contribution in [0.3, 0.4) is 0 Å². The molecule has 0 saturated carbocycles. The zero-order valence-corrected chi connectivity index (χ0v) is 5.88. The average Bonchev–Trinajstić information content (AvgIpc) is 2.10. The zero-order valence-electron chi connectivity index (χ0n) is 5.88. The Balaban J connectivity index is 0.000001000. The van der Waals surface area contributed by atoms with E-state index in [1.165, 1.54) is 0 Å². The Kier molecular flexibility index (Phi) is 2.59. The highest BCUT2D eigenvalue weighted by Gasteiger charge is 2.10. The highest BCUT2D eigenvalue weighted by Crippen LogP contribution is 2.04. The number of aromatic carboxylic acids is 1. The number of hydrogen-bond donors (Lipinski definition) is 3. The molecular formula is C5H9N3O3. The lowest BCUT2D eigenvalue weighted by Crippen LogP contribution is -1.98. The number of imidazole rings is 1. The maximum absolute atomic E-state index is 10.3. The predicted octanol–water partition coefficient (Wildman–Crippen LogP) is -0.826. The van der Waals surface area contributed by atoms with Gasteiger partial charge in [0.15, 0.2) is 11.6 Å². The van der Waals surface area contributed by atoms with Crippen LogP contribution in [-0.4, -0.2) is 26.5 Å². The third-order valence-electron chi connectivity index (χ3n) is 1.11. The van der Waals surface area contributed by atoms with Crippen molar-refractivity contribution in [3.05, 3.63) is 11.4 Å². The fourth-order valence-corrected chi connectivity index (χ4v) is 0.692. The highest BCUT2D eigenvalue weighted by molar-refractivity contribution is 5.87. The molecule has 0 aromatic carbocycles. The molecule has 0 saturated heterocycles. The van der Waals surface area contributed by atoms with Gasteiger partial charge in [-0.1, -0.05) is 0 Å². The summed E-state index contributed by atoms with van der Waals surface area (Å²) in [5.74, 6) is -0.930. The van der Waals surface area contributed by atoms with Gasteiger partial charge in [0, 0.05) is 5.69 Å². The van der Waals surface area contributed by atoms with E-state index in [-0.39, 0.29) is 17.1 Å². The molecule has 0 spiro atoms. The monoisotopic (exact) mass is 159 g/mol. The fourth-order valence-electron chi connectivity index (χ4n) is 0.692. The molecule has 0 aliphatic carbocycles. The third kappa shape index (κ3) is 1.68. The molecule has 0 radical (unpaired) electrons. The topological polar surface area (TPSA) is 124 Å². The molecule has 0 aliphatic heterocycles. The van der Waals surface area contributed by atoms with E-state index in [1.807, 2.05) is 0 Å². The molecular weight excluding hydrogens is 150 g/mol. The Morgan fingerprint density at radius 3 is 2.45 bits per heavy atom. The van der Waals surface area contributed by atoms with Crippen LogP contribution in [0, 0.1) is 6.92 Å². The molecule has 0 aliphatic rings. The molecule has 11 heavy (non-hydrogen) atoms. The lowest BCUT2D eigenvalue weighted by atomic mass is 10.4. The van der Waals surface area contributed by atoms with Gasteiger partial charge in [-0.05, 0) is 6.92 Å². The van der Waals surface area contributed by atoms with E-state index in [0.717, 1.165) is 0 Å². The number of nitrogens with two attached hydrogens (primary N) is 1. The maximum Gasteiger partial charge on any atom is 0.356 e. The molecule has 1 heterocycles. The number of hydrogen-bond acceptors (Lipinski definition) is 3. The summed E-state index contributed by atoms with van der Waals surface area (Å²) < 4.78 is 0. The molecule has 0 unspecified atom stereocenters. The quantitative estimate of drug-likeness (QED) is 0.494. The zero-order chi connectivity index (χ0) is 7.72. The van der Waals surface area contributed by atoms with E-state index in [4.69, 9.17) is 10.8 Å². The highest BCUT2D eigenvalue weighted by atomic mass is 16.4. The molecule has 1 aromatic heterocycles. The predicted molar refractivity (Wildman–Crippen MR) is 38.3 cm³/mol. The molecule has 62 valence electrons. The summed E-state index contributed by atoms with van der Waals surface area (Å²) in [4.78, 5) is 16.4. The summed E-state index contributed by atoms with van der Waals surface area (Å²) in [5, 5.41) is 8.44. The number of aryl methyl sites for hydroxylation is 1. The molecule has 6 N–H and O–H groups in total. The van der Waals surface area contributed by atoms with Crippen LogP contribution in [0.1, 0.15) is 16.2 Å². The number of rotatable bonds is 1. The van der Waals surface area contributed by atoms with E-state index >= 15 is 0 Å². The Morgan fingerprint density at radius 1 is 1.73 bits per heavy atom. The van der Waals surface area contributed by atoms with Crippen molar-refractivity contribution in [1.29, 1.82) is 0 Å². The number of nitrogen functional groups attached to an aromatic ring is 1. The summed E-state index contributed by atoms with van der Waals surface area (Å²) in [5.41, 5.74) is 5.65. The number of aromatic nitrogens is 2. The number of carbonyl (C=O) groups is 1. The lowest BCUT2D eigenvalue weighted by molar-refractivity contribution is 0.0690. The van der Waals surface area contributed by atoms with E-state index in [9.17, 15) is 4.79 Å². The smallest absolute Gasteiger partial charge is 0.356 e. The molecule has 0 fully saturated rings. The first kappa shape index (κ1) is 9.44. The SMILES string of the molecule is Cc1[nH]c(N)nc1C(=O)O.O. The summed E-state index contributed by atoms with van der Waals surface area (Å²) in [7, 11) is 0. The minimum Gasteiger partial charge on any atom is -0.476 e. The van der Waals surface area contributed by atoms with Crippen LogP contribution >= 0.6 is 0 Å². The largest absolute Gasteiger partial charge is 0.476 e. The average molecular weight is 159 g/mol. The molecule has 1 aromatic rings. The summed E-state index contributed by atoms with van der Waals surface area (Å²) in [6.07, 6.45) is 0. The van der Waals surface area contributed by atoms with Crippen molar-refractivity contribution in [2.75, 3.05) is 5.73 Å². The molecule has 0 bridgehead atoms. The standard InChI is InChI=1S/C5H7N3O2.H2O/c1-2-3(4(9)10)8-5(6)7-2;/h1H3,(H,9,10)(H3,6,7,8);1H2. The minimum absolute atomic E-state index is 0. The third-order valence-corrected chi connectivity index (χ3v) is 1.11. The molecule has 0 amide bonds. The molecule has 0 atom stereocenters. The van der Waals surface area contributed by atoms with Gasteiger partial charge >= 0.3 is 5.97 Å². The van der Waals surface area contributed by atoms with E-state index < -0.39 is 5.97 Å². The number of anilines is 1. The first-order chi connectivity index (χ1) is 4.61. The van der Waals surface area contributed by atoms with Gasteiger partial charge in [-0.15, -0.1) is 0 Å². The maximum atomic E-state index is 10.3. The number of aromatic amines is 1. The van der Waals surface area contributed by atoms with Crippen LogP contribution in [0.25, 0.3) is 0 Å². The van der Waals surface area contributed by atoms with Gasteiger partial charge in [0.25, 0.3) is 0 Å². The van der Waals surface area contributed by atoms with E-state index in [1.54, 1.807) is 6.92 Å². The Hall–Kier alpha value is -1.56. The Morgan fingerprint density at radius 2 is 2.27 bits per heavy atom. The number of nitrogens with zero attached hydrogens (tertiary/aromatic N) is 1. The molecule has 1 rings (SSSR count). The van der Waals surface area contributed by atoms with Crippen LogP contribution in [0.5, 0.6) is 0 Å². The van der Waals surface area contributed by atoms with Crippen LogP contribution in [0.15, 0.2) is 0 Å². The molecule has 6 nitrogen and oxygen atoms in total. The summed E-state index contributed by atoms with van der Waals surface area (Å²) >= 11 is 0. The first-order valence-electron chi connectivity index (χ1n) is 2.66. The van der Waals surface area contributed by atoms with E-state index in [2.05, 4.69) is 9.97 Å². The van der Waals surface area contributed by atoms with Gasteiger partial charge in [-0.3, -0.25) is 0 Å². The normalized spacial score (nSPS) is 8.82. The summed E-state index contributed by atoms with van der Waals surface area (Å²) in [6.45, 7) is 1.60. The van der Waals surface area contributed by atoms with Gasteiger partial charge in [0.2, 0.25) is 0 Å². The van der Waals surface area contributed by atoms with Gasteiger partial charge in [-0.2, -0.15) is 0 Å². The lowest BCUT2D eigenvalue weighted by Gasteiger charge is -1.84. The van der Waals surface area contributed by atoms with Crippen LogP contribution in [0.2, 0.25) is 0 Å². The van der Waals surface area contributed by atoms with E-state index in [0.29, 0.717) is 5.69 Å². The van der Waals surface area contributed by atoms with Gasteiger partial charge in [0.1, 0.15) is 0 Å². The van der Waals surface area contributed by atoms with Crippen molar-refractivity contribution < 1.29 is 15.4 Å². The number of carboxylic acids is 1. The first-order valence-corrected chi connectivity index (χ1v) is 2.66. The van der Waals surface area contributed by atoms with Crippen molar-refractivity contribution in [2.24, 2.45) is 0 Å². The van der Waals surface area contributed by atoms with Crippen molar-refractivity contribution in [3.8, 4) is 0 Å². The number of nitrogens with one attached hydrogen (secondary N) is 1. The van der Waals surface area contributed by atoms with Crippen LogP contribution in [0.4, 0.5) is 5.95 Å². The number of H-pyrrole nitrogens is 1. The second-order valence-corrected chi connectivity index (χ2v) is 1.90. The molecule has 6 heteroatoms. The number of carboxylic acid groups (broad SMARTS) is 1. The minimum atomic E-state index is -1.06.